The number of hydrogen-bond acceptors (Lipinski definition) is 6. The van der Waals surface area contributed by atoms with E-state index < -0.39 is 6.17 Å². The van der Waals surface area contributed by atoms with E-state index in [4.69, 9.17) is 14.6 Å². The number of methoxy groups -OCH3 is 1. The minimum Gasteiger partial charge on any atom is -0.492 e. The third-order valence-electron chi connectivity index (χ3n) is 5.88. The van der Waals surface area contributed by atoms with Gasteiger partial charge in [0.2, 0.25) is 11.1 Å². The van der Waals surface area contributed by atoms with Gasteiger partial charge in [0.05, 0.1) is 30.5 Å². The molecule has 0 unspecified atom stereocenters. The van der Waals surface area contributed by atoms with Crippen LogP contribution in [0.15, 0.2) is 52.4 Å². The summed E-state index contributed by atoms with van der Waals surface area (Å²) in [4.78, 5) is 31.1. The lowest BCUT2D eigenvalue weighted by molar-refractivity contribution is -0.763. The van der Waals surface area contributed by atoms with Gasteiger partial charge >= 0.3 is 11.3 Å². The zero-order valence-electron chi connectivity index (χ0n) is 20.5. The molecule has 0 saturated carbocycles. The second-order valence-corrected chi connectivity index (χ2v) is 9.28. The van der Waals surface area contributed by atoms with E-state index in [9.17, 15) is 9.59 Å². The fourth-order valence-corrected chi connectivity index (χ4v) is 5.26. The van der Waals surface area contributed by atoms with Crippen LogP contribution in [0.3, 0.4) is 0 Å². The molecule has 1 N–H and O–H groups in total. The Morgan fingerprint density at radius 2 is 1.97 bits per heavy atom. The van der Waals surface area contributed by atoms with Crippen LogP contribution in [0, 0.1) is 0 Å². The topological polar surface area (TPSA) is 88.4 Å². The molecule has 1 aliphatic heterocycles. The number of nitrogens with one attached hydrogen (secondary N) is 1. The van der Waals surface area contributed by atoms with E-state index in [1.807, 2.05) is 49.4 Å². The Hall–Kier alpha value is -3.33. The van der Waals surface area contributed by atoms with Crippen molar-refractivity contribution < 1.29 is 19.0 Å². The quantitative estimate of drug-likeness (QED) is 0.270. The number of ether oxygens (including phenoxy) is 2. The van der Waals surface area contributed by atoms with Crippen molar-refractivity contribution in [2.45, 2.75) is 51.4 Å². The number of benzene rings is 2. The minimum absolute atomic E-state index is 0.177. The maximum atomic E-state index is 13.4. The lowest BCUT2D eigenvalue weighted by atomic mass is 10.0. The summed E-state index contributed by atoms with van der Waals surface area (Å²) in [6, 6.07) is 13.0. The number of rotatable bonds is 9. The average molecular weight is 496 g/mol. The highest BCUT2D eigenvalue weighted by atomic mass is 32.2. The van der Waals surface area contributed by atoms with Gasteiger partial charge in [0, 0.05) is 17.8 Å². The molecule has 8 nitrogen and oxygen atoms in total. The van der Waals surface area contributed by atoms with Crippen molar-refractivity contribution in [3.8, 4) is 22.8 Å². The molecule has 184 valence electrons. The van der Waals surface area contributed by atoms with Crippen LogP contribution >= 0.6 is 11.8 Å². The zero-order chi connectivity index (χ0) is 24.9. The molecule has 9 heteroatoms. The van der Waals surface area contributed by atoms with E-state index in [0.29, 0.717) is 45.8 Å². The monoisotopic (exact) mass is 495 g/mol. The Labute approximate surface area is 209 Å². The van der Waals surface area contributed by atoms with Crippen molar-refractivity contribution in [2.75, 3.05) is 24.4 Å². The number of H-pyrrole nitrogens is 1. The fourth-order valence-electron chi connectivity index (χ4n) is 4.40. The van der Waals surface area contributed by atoms with Crippen molar-refractivity contribution in [1.29, 1.82) is 0 Å². The fraction of sp³-hybridized carbons (Fsp3) is 0.385. The molecular formula is C26H31N4O4S+. The van der Waals surface area contributed by atoms with E-state index in [2.05, 4.69) is 11.9 Å². The number of thioether (sulfide) groups is 1. The van der Waals surface area contributed by atoms with Gasteiger partial charge in [-0.3, -0.25) is 14.6 Å². The second kappa shape index (κ2) is 10.9. The van der Waals surface area contributed by atoms with Gasteiger partial charge in [0.25, 0.3) is 6.17 Å². The van der Waals surface area contributed by atoms with Gasteiger partial charge in [0.1, 0.15) is 0 Å². The molecule has 0 fully saturated rings. The van der Waals surface area contributed by atoms with Crippen LogP contribution in [0.4, 0.5) is 5.69 Å². The molecule has 1 amide bonds. The van der Waals surface area contributed by atoms with Gasteiger partial charge in [-0.25, -0.2) is 4.90 Å². The Balaban J connectivity index is 1.96. The molecule has 1 aromatic heterocycles. The predicted molar refractivity (Wildman–Crippen MR) is 136 cm³/mol. The van der Waals surface area contributed by atoms with Gasteiger partial charge in [-0.15, -0.1) is 0 Å². The van der Waals surface area contributed by atoms with Crippen LogP contribution in [0.1, 0.15) is 51.8 Å². The lowest BCUT2D eigenvalue weighted by Crippen LogP contribution is -2.60. The molecule has 0 spiro atoms. The number of para-hydroxylation sites is 2. The summed E-state index contributed by atoms with van der Waals surface area (Å²) in [7, 11) is 1.57. The third-order valence-corrected chi connectivity index (χ3v) is 6.83. The Morgan fingerprint density at radius 3 is 2.69 bits per heavy atom. The number of carbonyl (C=O) groups excluding carboxylic acids is 1. The highest BCUT2D eigenvalue weighted by Gasteiger charge is 2.46. The normalized spacial score (nSPS) is 14.3. The van der Waals surface area contributed by atoms with Crippen molar-refractivity contribution >= 4 is 23.4 Å². The number of nitrogens with zero attached hydrogens (tertiary/aromatic N) is 3. The SMILES string of the molecule is CCCCCSc1n[n+]2c(c(=O)[nH]1)-c1ccccc1N(C(C)=O)[C@H]2c1cccc(OCC)c1OC. The number of aromatic amines is 1. The molecule has 0 aliphatic carbocycles. The first-order valence-corrected chi connectivity index (χ1v) is 12.9. The number of aromatic nitrogens is 3. The van der Waals surface area contributed by atoms with Crippen LogP contribution in [0.2, 0.25) is 0 Å². The molecule has 0 bridgehead atoms. The maximum Gasteiger partial charge on any atom is 0.325 e. The first-order chi connectivity index (χ1) is 17.0. The number of hydrogen-bond donors (Lipinski definition) is 1. The largest absolute Gasteiger partial charge is 0.492 e. The van der Waals surface area contributed by atoms with E-state index in [1.165, 1.54) is 18.7 Å². The Kier molecular flexibility index (Phi) is 7.75. The van der Waals surface area contributed by atoms with Gasteiger partial charge in [-0.05, 0) is 42.3 Å². The number of carbonyl (C=O) groups is 1. The van der Waals surface area contributed by atoms with Crippen molar-refractivity contribution in [1.82, 2.24) is 10.1 Å². The van der Waals surface area contributed by atoms with Crippen molar-refractivity contribution in [3.63, 3.8) is 0 Å². The molecule has 2 heterocycles. The molecular weight excluding hydrogens is 464 g/mol. The highest BCUT2D eigenvalue weighted by Crippen LogP contribution is 2.42. The Morgan fingerprint density at radius 1 is 1.17 bits per heavy atom. The van der Waals surface area contributed by atoms with Gasteiger partial charge in [-0.1, -0.05) is 49.7 Å². The molecule has 1 aliphatic rings. The van der Waals surface area contributed by atoms with Gasteiger partial charge in [0.15, 0.2) is 11.5 Å². The summed E-state index contributed by atoms with van der Waals surface area (Å²) < 4.78 is 13.2. The predicted octanol–water partition coefficient (Wildman–Crippen LogP) is 4.33. The number of fused-ring (bicyclic) bond motifs is 3. The lowest BCUT2D eigenvalue weighted by Gasteiger charge is -2.32. The summed E-state index contributed by atoms with van der Waals surface area (Å²) in [6.45, 7) is 6.03. The molecule has 3 aromatic rings. The first kappa shape index (κ1) is 24.8. The standard InChI is InChI=1S/C26H30N4O4S/c1-5-7-10-16-35-26-27-24(32)22-18-12-8-9-14-20(18)29(17(3)31)25(30(22)28-26)19-13-11-15-21(34-6-2)23(19)33-4/h8-9,11-15,25H,5-7,10,16H2,1-4H3/p+1/t25-/m1/s1. The molecule has 4 rings (SSSR count). The van der Waals surface area contributed by atoms with Gasteiger partial charge in [-0.2, -0.15) is 0 Å². The van der Waals surface area contributed by atoms with E-state index in [-0.39, 0.29) is 11.5 Å². The number of unbranched alkanes of at least 4 members (excludes halogenated alkanes) is 2. The summed E-state index contributed by atoms with van der Waals surface area (Å²) in [5.41, 5.74) is 2.11. The number of anilines is 1. The molecule has 1 atom stereocenters. The van der Waals surface area contributed by atoms with Crippen molar-refractivity contribution in [2.24, 2.45) is 0 Å². The number of amides is 1. The molecule has 0 radical (unpaired) electrons. The van der Waals surface area contributed by atoms with Crippen LogP contribution in [-0.2, 0) is 4.79 Å². The summed E-state index contributed by atoms with van der Waals surface area (Å²) in [5, 5.41) is 5.36. The zero-order valence-corrected chi connectivity index (χ0v) is 21.4. The van der Waals surface area contributed by atoms with E-state index in [0.717, 1.165) is 25.0 Å². The van der Waals surface area contributed by atoms with Crippen LogP contribution in [-0.4, -0.2) is 35.5 Å². The maximum absolute atomic E-state index is 13.4. The minimum atomic E-state index is -0.731. The van der Waals surface area contributed by atoms with Crippen LogP contribution < -0.4 is 24.6 Å². The summed E-state index contributed by atoms with van der Waals surface area (Å²) in [5.74, 6) is 1.74. The average Bonchev–Trinajstić information content (AvgIpc) is 2.85. The smallest absolute Gasteiger partial charge is 0.325 e. The molecule has 35 heavy (non-hydrogen) atoms. The van der Waals surface area contributed by atoms with Crippen LogP contribution in [0.5, 0.6) is 11.5 Å². The van der Waals surface area contributed by atoms with Gasteiger partial charge < -0.3 is 9.47 Å². The van der Waals surface area contributed by atoms with E-state index in [1.54, 1.807) is 16.7 Å². The third kappa shape index (κ3) is 4.77. The highest BCUT2D eigenvalue weighted by molar-refractivity contribution is 7.99. The Bertz CT molecular complexity index is 1280. The summed E-state index contributed by atoms with van der Waals surface area (Å²) in [6.07, 6.45) is 2.53. The van der Waals surface area contributed by atoms with Crippen LogP contribution in [0.25, 0.3) is 11.3 Å². The first-order valence-electron chi connectivity index (χ1n) is 11.9. The molecule has 2 aromatic carbocycles. The molecule has 0 saturated heterocycles. The van der Waals surface area contributed by atoms with Crippen molar-refractivity contribution in [3.05, 3.63) is 58.4 Å². The van der Waals surface area contributed by atoms with E-state index >= 15 is 0 Å². The second-order valence-electron chi connectivity index (χ2n) is 8.20. The summed E-state index contributed by atoms with van der Waals surface area (Å²) >= 11 is 1.51.